The van der Waals surface area contributed by atoms with Crippen LogP contribution in [0.25, 0.3) is 0 Å². The maximum absolute atomic E-state index is 12.4. The van der Waals surface area contributed by atoms with Gasteiger partial charge in [0.1, 0.15) is 5.75 Å². The van der Waals surface area contributed by atoms with E-state index in [-0.39, 0.29) is 36.6 Å². The number of carbonyl (C=O) groups is 2. The second-order valence-corrected chi connectivity index (χ2v) is 7.34. The molecule has 0 radical (unpaired) electrons. The Kier molecular flexibility index (Phi) is 5.67. The Bertz CT molecular complexity index is 1050. The molecule has 1 saturated heterocycles. The van der Waals surface area contributed by atoms with Crippen LogP contribution in [0.3, 0.4) is 0 Å². The van der Waals surface area contributed by atoms with Gasteiger partial charge in [-0.05, 0) is 42.0 Å². The van der Waals surface area contributed by atoms with Gasteiger partial charge in [-0.3, -0.25) is 14.9 Å². The molecule has 1 aliphatic rings. The Hall–Kier alpha value is -3.39. The fraction of sp³-hybridized carbons (Fsp3) is 0.238. The van der Waals surface area contributed by atoms with Crippen LogP contribution in [-0.2, 0) is 16.0 Å². The van der Waals surface area contributed by atoms with E-state index in [0.29, 0.717) is 17.5 Å². The van der Waals surface area contributed by atoms with E-state index in [1.165, 1.54) is 0 Å². The van der Waals surface area contributed by atoms with E-state index >= 15 is 0 Å². The van der Waals surface area contributed by atoms with Crippen molar-refractivity contribution in [2.45, 2.75) is 18.8 Å². The highest BCUT2D eigenvalue weighted by atomic mass is 35.5. The van der Waals surface area contributed by atoms with Gasteiger partial charge in [0.15, 0.2) is 0 Å². The number of hydrogen-bond donors (Lipinski definition) is 1. The fourth-order valence-electron chi connectivity index (χ4n) is 3.29. The summed E-state index contributed by atoms with van der Waals surface area (Å²) in [6.07, 6.45) is 0.415. The first-order valence-electron chi connectivity index (χ1n) is 9.34. The Morgan fingerprint density at radius 3 is 2.63 bits per heavy atom. The zero-order valence-electron chi connectivity index (χ0n) is 16.2. The first-order chi connectivity index (χ1) is 14.5. The standard InChI is InChI=1S/C21H19ClN4O4/c1-29-17-8-2-13(3-9-17)10-18(27)23-21-25-24-20(30-21)14-11-19(28)26(12-14)16-6-4-15(22)5-7-16/h2-9,14H,10-12H2,1H3,(H,23,25,27). The lowest BCUT2D eigenvalue weighted by Crippen LogP contribution is -2.24. The molecule has 4 rings (SSSR count). The number of anilines is 2. The van der Waals surface area contributed by atoms with Gasteiger partial charge in [0.05, 0.1) is 19.4 Å². The predicted molar refractivity (Wildman–Crippen MR) is 111 cm³/mol. The summed E-state index contributed by atoms with van der Waals surface area (Å²) in [6.45, 7) is 0.419. The number of aromatic nitrogens is 2. The topological polar surface area (TPSA) is 97.6 Å². The van der Waals surface area contributed by atoms with Crippen LogP contribution in [0.5, 0.6) is 5.75 Å². The van der Waals surface area contributed by atoms with Crippen LogP contribution in [0.1, 0.15) is 23.8 Å². The van der Waals surface area contributed by atoms with Crippen molar-refractivity contribution in [3.8, 4) is 5.75 Å². The SMILES string of the molecule is COc1ccc(CC(=O)Nc2nnc(C3CC(=O)N(c4ccc(Cl)cc4)C3)o2)cc1. The molecule has 1 fully saturated rings. The lowest BCUT2D eigenvalue weighted by Gasteiger charge is -2.15. The zero-order valence-corrected chi connectivity index (χ0v) is 16.9. The smallest absolute Gasteiger partial charge is 0.322 e. The summed E-state index contributed by atoms with van der Waals surface area (Å²) < 4.78 is 10.7. The first kappa shape index (κ1) is 19.9. The minimum absolute atomic E-state index is 0.0147. The van der Waals surface area contributed by atoms with Gasteiger partial charge in [-0.1, -0.05) is 28.8 Å². The van der Waals surface area contributed by atoms with E-state index in [0.717, 1.165) is 17.0 Å². The van der Waals surface area contributed by atoms with Crippen LogP contribution < -0.4 is 15.0 Å². The normalized spacial score (nSPS) is 16.0. The van der Waals surface area contributed by atoms with Gasteiger partial charge in [-0.15, -0.1) is 5.10 Å². The van der Waals surface area contributed by atoms with E-state index in [4.69, 9.17) is 20.8 Å². The predicted octanol–water partition coefficient (Wildman–Crippen LogP) is 3.43. The van der Waals surface area contributed by atoms with Crippen molar-refractivity contribution in [1.82, 2.24) is 10.2 Å². The molecule has 0 bridgehead atoms. The third kappa shape index (κ3) is 4.44. The van der Waals surface area contributed by atoms with Crippen LogP contribution >= 0.6 is 11.6 Å². The monoisotopic (exact) mass is 426 g/mol. The molecule has 2 amide bonds. The van der Waals surface area contributed by atoms with Crippen LogP contribution in [0.4, 0.5) is 11.7 Å². The van der Waals surface area contributed by atoms with Crippen molar-refractivity contribution in [2.24, 2.45) is 0 Å². The Labute approximate surface area is 177 Å². The number of nitrogens with zero attached hydrogens (tertiary/aromatic N) is 3. The number of hydrogen-bond acceptors (Lipinski definition) is 6. The number of ether oxygens (including phenoxy) is 1. The molecule has 8 nitrogen and oxygen atoms in total. The molecule has 30 heavy (non-hydrogen) atoms. The van der Waals surface area contributed by atoms with Gasteiger partial charge >= 0.3 is 6.01 Å². The molecule has 0 saturated carbocycles. The van der Waals surface area contributed by atoms with Crippen molar-refractivity contribution in [2.75, 3.05) is 23.9 Å². The number of benzene rings is 2. The van der Waals surface area contributed by atoms with Crippen LogP contribution in [0.15, 0.2) is 52.9 Å². The molecule has 1 aromatic heterocycles. The number of carbonyl (C=O) groups excluding carboxylic acids is 2. The van der Waals surface area contributed by atoms with Crippen LogP contribution in [0.2, 0.25) is 5.02 Å². The average Bonchev–Trinajstić information content (AvgIpc) is 3.36. The summed E-state index contributed by atoms with van der Waals surface area (Å²) in [5.74, 6) is 0.484. The Balaban J connectivity index is 1.37. The summed E-state index contributed by atoms with van der Waals surface area (Å²) in [6, 6.07) is 14.3. The van der Waals surface area contributed by atoms with Gasteiger partial charge in [0, 0.05) is 23.7 Å². The highest BCUT2D eigenvalue weighted by Gasteiger charge is 2.35. The van der Waals surface area contributed by atoms with E-state index in [1.54, 1.807) is 48.4 Å². The minimum Gasteiger partial charge on any atom is -0.497 e. The highest BCUT2D eigenvalue weighted by Crippen LogP contribution is 2.32. The lowest BCUT2D eigenvalue weighted by molar-refractivity contribution is -0.117. The van der Waals surface area contributed by atoms with Gasteiger partial charge in [-0.2, -0.15) is 0 Å². The second kappa shape index (κ2) is 8.54. The summed E-state index contributed by atoms with van der Waals surface area (Å²) in [5, 5.41) is 11.1. The van der Waals surface area contributed by atoms with Gasteiger partial charge in [-0.25, -0.2) is 0 Å². The number of halogens is 1. The maximum atomic E-state index is 12.4. The van der Waals surface area contributed by atoms with Crippen molar-refractivity contribution in [3.63, 3.8) is 0 Å². The van der Waals surface area contributed by atoms with E-state index < -0.39 is 0 Å². The number of rotatable bonds is 6. The summed E-state index contributed by atoms with van der Waals surface area (Å²) in [5.41, 5.74) is 1.59. The molecule has 2 aromatic carbocycles. The van der Waals surface area contributed by atoms with E-state index in [2.05, 4.69) is 15.5 Å². The number of methoxy groups -OCH3 is 1. The first-order valence-corrected chi connectivity index (χ1v) is 9.72. The molecule has 1 atom stereocenters. The quantitative estimate of drug-likeness (QED) is 0.648. The summed E-state index contributed by atoms with van der Waals surface area (Å²) in [4.78, 5) is 26.3. The minimum atomic E-state index is -0.277. The largest absolute Gasteiger partial charge is 0.497 e. The van der Waals surface area contributed by atoms with Crippen molar-refractivity contribution < 1.29 is 18.7 Å². The second-order valence-electron chi connectivity index (χ2n) is 6.90. The van der Waals surface area contributed by atoms with Gasteiger partial charge < -0.3 is 14.1 Å². The highest BCUT2D eigenvalue weighted by molar-refractivity contribution is 6.30. The van der Waals surface area contributed by atoms with Gasteiger partial charge in [0.2, 0.25) is 17.7 Å². The molecular weight excluding hydrogens is 408 g/mol. The molecule has 2 heterocycles. The molecule has 154 valence electrons. The van der Waals surface area contributed by atoms with E-state index in [1.807, 2.05) is 12.1 Å². The third-order valence-corrected chi connectivity index (χ3v) is 5.08. The van der Waals surface area contributed by atoms with Crippen LogP contribution in [-0.4, -0.2) is 35.7 Å². The summed E-state index contributed by atoms with van der Waals surface area (Å²) in [7, 11) is 1.58. The Morgan fingerprint density at radius 2 is 1.93 bits per heavy atom. The fourth-order valence-corrected chi connectivity index (χ4v) is 3.41. The molecule has 0 spiro atoms. The molecule has 1 unspecified atom stereocenters. The number of amides is 2. The third-order valence-electron chi connectivity index (χ3n) is 4.82. The summed E-state index contributed by atoms with van der Waals surface area (Å²) >= 11 is 5.91. The average molecular weight is 427 g/mol. The maximum Gasteiger partial charge on any atom is 0.322 e. The van der Waals surface area contributed by atoms with Crippen molar-refractivity contribution >= 4 is 35.1 Å². The lowest BCUT2D eigenvalue weighted by atomic mass is 10.1. The van der Waals surface area contributed by atoms with Crippen molar-refractivity contribution in [3.05, 3.63) is 65.0 Å². The number of nitrogens with one attached hydrogen (secondary N) is 1. The van der Waals surface area contributed by atoms with Gasteiger partial charge in [0.25, 0.3) is 0 Å². The van der Waals surface area contributed by atoms with Crippen LogP contribution in [0, 0.1) is 0 Å². The molecule has 0 aliphatic carbocycles. The molecular formula is C21H19ClN4O4. The van der Waals surface area contributed by atoms with E-state index in [9.17, 15) is 9.59 Å². The molecule has 1 N–H and O–H groups in total. The molecule has 1 aliphatic heterocycles. The molecule has 3 aromatic rings. The van der Waals surface area contributed by atoms with Crippen molar-refractivity contribution in [1.29, 1.82) is 0 Å². The Morgan fingerprint density at radius 1 is 1.20 bits per heavy atom. The molecule has 9 heteroatoms. The zero-order chi connectivity index (χ0) is 21.1.